The fraction of sp³-hybridized carbons (Fsp3) is 0.750. The van der Waals surface area contributed by atoms with Crippen LogP contribution in [0.4, 0.5) is 5.82 Å². The summed E-state index contributed by atoms with van der Waals surface area (Å²) >= 11 is 0. The van der Waals surface area contributed by atoms with Crippen LogP contribution in [0.3, 0.4) is 0 Å². The van der Waals surface area contributed by atoms with Crippen LogP contribution in [0.25, 0.3) is 0 Å². The topological polar surface area (TPSA) is 37.8 Å². The normalized spacial score (nSPS) is 26.5. The first-order valence-electron chi connectivity index (χ1n) is 7.85. The van der Waals surface area contributed by atoms with Gasteiger partial charge in [0.15, 0.2) is 0 Å². The molecule has 104 valence electrons. The van der Waals surface area contributed by atoms with E-state index in [1.807, 2.05) is 0 Å². The van der Waals surface area contributed by atoms with Gasteiger partial charge < -0.3 is 5.32 Å². The van der Waals surface area contributed by atoms with E-state index in [1.165, 1.54) is 43.4 Å². The molecule has 3 heteroatoms. The van der Waals surface area contributed by atoms with Crippen molar-refractivity contribution in [2.24, 2.45) is 11.8 Å². The Bertz CT molecular complexity index is 442. The summed E-state index contributed by atoms with van der Waals surface area (Å²) in [6, 6.07) is 0.605. The van der Waals surface area contributed by atoms with Gasteiger partial charge in [-0.05, 0) is 43.9 Å². The van der Waals surface area contributed by atoms with Crippen molar-refractivity contribution in [3.8, 4) is 0 Å². The number of hydrogen-bond donors (Lipinski definition) is 1. The van der Waals surface area contributed by atoms with Gasteiger partial charge in [0.2, 0.25) is 0 Å². The third-order valence-corrected chi connectivity index (χ3v) is 4.87. The number of nitrogens with one attached hydrogen (secondary N) is 1. The van der Waals surface area contributed by atoms with E-state index in [0.29, 0.717) is 6.04 Å². The van der Waals surface area contributed by atoms with E-state index < -0.39 is 0 Å². The van der Waals surface area contributed by atoms with E-state index in [-0.39, 0.29) is 0 Å². The van der Waals surface area contributed by atoms with Crippen LogP contribution in [-0.2, 0) is 12.8 Å². The van der Waals surface area contributed by atoms with Gasteiger partial charge in [-0.25, -0.2) is 9.97 Å². The summed E-state index contributed by atoms with van der Waals surface area (Å²) < 4.78 is 0. The smallest absolute Gasteiger partial charge is 0.133 e. The molecule has 0 aliphatic heterocycles. The van der Waals surface area contributed by atoms with E-state index in [4.69, 9.17) is 0 Å². The molecule has 1 saturated carbocycles. The predicted octanol–water partition coefficient (Wildman–Crippen LogP) is 3.59. The minimum absolute atomic E-state index is 0.605. The lowest BCUT2D eigenvalue weighted by atomic mass is 9.78. The number of rotatable bonds is 3. The number of hydrogen-bond acceptors (Lipinski definition) is 3. The second-order valence-electron chi connectivity index (χ2n) is 6.44. The van der Waals surface area contributed by atoms with Crippen molar-refractivity contribution < 1.29 is 0 Å². The van der Waals surface area contributed by atoms with Gasteiger partial charge >= 0.3 is 0 Å². The van der Waals surface area contributed by atoms with Gasteiger partial charge in [0.1, 0.15) is 12.1 Å². The van der Waals surface area contributed by atoms with Gasteiger partial charge in [0.25, 0.3) is 0 Å². The molecule has 1 heterocycles. The van der Waals surface area contributed by atoms with Crippen molar-refractivity contribution in [3.05, 3.63) is 17.6 Å². The molecule has 1 aromatic rings. The summed E-state index contributed by atoms with van der Waals surface area (Å²) in [5.41, 5.74) is 2.66. The molecule has 1 fully saturated rings. The summed E-state index contributed by atoms with van der Waals surface area (Å²) in [5.74, 6) is 2.67. The molecule has 3 rings (SSSR count). The van der Waals surface area contributed by atoms with Crippen LogP contribution in [0, 0.1) is 11.8 Å². The van der Waals surface area contributed by atoms with E-state index in [1.54, 1.807) is 6.33 Å². The number of anilines is 1. The van der Waals surface area contributed by atoms with E-state index in [0.717, 1.165) is 30.5 Å². The first kappa shape index (κ1) is 12.9. The van der Waals surface area contributed by atoms with Gasteiger partial charge in [-0.1, -0.05) is 26.7 Å². The molecule has 2 aliphatic rings. The Labute approximate surface area is 116 Å². The Morgan fingerprint density at radius 2 is 1.95 bits per heavy atom. The first-order valence-corrected chi connectivity index (χ1v) is 7.85. The highest BCUT2D eigenvalue weighted by Crippen LogP contribution is 2.33. The van der Waals surface area contributed by atoms with Crippen LogP contribution in [0.2, 0.25) is 0 Å². The lowest BCUT2D eigenvalue weighted by Gasteiger charge is -2.35. The summed E-state index contributed by atoms with van der Waals surface area (Å²) in [6.45, 7) is 4.71. The molecule has 19 heavy (non-hydrogen) atoms. The van der Waals surface area contributed by atoms with Gasteiger partial charge in [0, 0.05) is 17.3 Å². The highest BCUT2D eigenvalue weighted by atomic mass is 15.0. The highest BCUT2D eigenvalue weighted by molar-refractivity contribution is 5.48. The Balaban J connectivity index is 1.78. The van der Waals surface area contributed by atoms with Crippen molar-refractivity contribution in [3.63, 3.8) is 0 Å². The monoisotopic (exact) mass is 259 g/mol. The van der Waals surface area contributed by atoms with Crippen molar-refractivity contribution in [2.75, 3.05) is 5.32 Å². The zero-order chi connectivity index (χ0) is 13.2. The minimum atomic E-state index is 0.605. The van der Waals surface area contributed by atoms with Crippen LogP contribution < -0.4 is 5.32 Å². The second kappa shape index (κ2) is 5.48. The minimum Gasteiger partial charge on any atom is -0.367 e. The van der Waals surface area contributed by atoms with Crippen molar-refractivity contribution in [2.45, 2.75) is 64.8 Å². The number of fused-ring (bicyclic) bond motifs is 1. The molecule has 0 bridgehead atoms. The molecule has 0 aromatic carbocycles. The van der Waals surface area contributed by atoms with E-state index in [2.05, 4.69) is 29.1 Å². The quantitative estimate of drug-likeness (QED) is 0.901. The fourth-order valence-corrected chi connectivity index (χ4v) is 3.80. The summed E-state index contributed by atoms with van der Waals surface area (Å²) in [7, 11) is 0. The molecular weight excluding hydrogens is 234 g/mol. The molecule has 2 atom stereocenters. The molecule has 1 N–H and O–H groups in total. The lowest BCUT2D eigenvalue weighted by Crippen LogP contribution is -2.35. The summed E-state index contributed by atoms with van der Waals surface area (Å²) in [6.07, 6.45) is 10.7. The fourth-order valence-electron chi connectivity index (χ4n) is 3.80. The van der Waals surface area contributed by atoms with E-state index in [9.17, 15) is 0 Å². The zero-order valence-corrected chi connectivity index (χ0v) is 12.2. The zero-order valence-electron chi connectivity index (χ0n) is 12.2. The maximum atomic E-state index is 4.52. The standard InChI is InChI=1S/C16H25N3/c1-11(2)12-6-3-4-8-15(12)19-16-13-7-5-9-14(13)17-10-18-16/h10-12,15H,3-9H2,1-2H3,(H,17,18,19). The summed E-state index contributed by atoms with van der Waals surface area (Å²) in [4.78, 5) is 8.93. The molecular formula is C16H25N3. The third-order valence-electron chi connectivity index (χ3n) is 4.87. The highest BCUT2D eigenvalue weighted by Gasteiger charge is 2.29. The molecule has 0 amide bonds. The van der Waals surface area contributed by atoms with Crippen LogP contribution in [0.5, 0.6) is 0 Å². The Morgan fingerprint density at radius 1 is 1.11 bits per heavy atom. The second-order valence-corrected chi connectivity index (χ2v) is 6.44. The largest absolute Gasteiger partial charge is 0.367 e. The van der Waals surface area contributed by atoms with Crippen LogP contribution in [0.15, 0.2) is 6.33 Å². The molecule has 2 unspecified atom stereocenters. The average molecular weight is 259 g/mol. The maximum Gasteiger partial charge on any atom is 0.133 e. The van der Waals surface area contributed by atoms with Crippen molar-refractivity contribution in [1.29, 1.82) is 0 Å². The number of aromatic nitrogens is 2. The number of aryl methyl sites for hydroxylation is 1. The van der Waals surface area contributed by atoms with Gasteiger partial charge in [-0.15, -0.1) is 0 Å². The van der Waals surface area contributed by atoms with E-state index >= 15 is 0 Å². The lowest BCUT2D eigenvalue weighted by molar-refractivity contribution is 0.253. The van der Waals surface area contributed by atoms with Crippen LogP contribution in [0.1, 0.15) is 57.2 Å². The summed E-state index contributed by atoms with van der Waals surface area (Å²) in [5, 5.41) is 3.76. The SMILES string of the molecule is CC(C)C1CCCCC1Nc1ncnc2c1CCC2. The molecule has 0 radical (unpaired) electrons. The van der Waals surface area contributed by atoms with Crippen LogP contribution >= 0.6 is 0 Å². The third kappa shape index (κ3) is 2.60. The van der Waals surface area contributed by atoms with Crippen LogP contribution in [-0.4, -0.2) is 16.0 Å². The maximum absolute atomic E-state index is 4.52. The molecule has 2 aliphatic carbocycles. The molecule has 0 spiro atoms. The Morgan fingerprint density at radius 3 is 2.79 bits per heavy atom. The molecule has 3 nitrogen and oxygen atoms in total. The van der Waals surface area contributed by atoms with Gasteiger partial charge in [-0.2, -0.15) is 0 Å². The Hall–Kier alpha value is -1.12. The predicted molar refractivity (Wildman–Crippen MR) is 78.3 cm³/mol. The first-order chi connectivity index (χ1) is 9.25. The van der Waals surface area contributed by atoms with Crippen molar-refractivity contribution >= 4 is 5.82 Å². The number of nitrogens with zero attached hydrogens (tertiary/aromatic N) is 2. The van der Waals surface area contributed by atoms with Gasteiger partial charge in [0.05, 0.1) is 0 Å². The van der Waals surface area contributed by atoms with Crippen molar-refractivity contribution in [1.82, 2.24) is 9.97 Å². The molecule has 1 aromatic heterocycles. The average Bonchev–Trinajstić information content (AvgIpc) is 2.88. The van der Waals surface area contributed by atoms with Gasteiger partial charge in [-0.3, -0.25) is 0 Å². The Kier molecular flexibility index (Phi) is 3.72. The molecule has 0 saturated heterocycles.